The zero-order valence-electron chi connectivity index (χ0n) is 16.8. The summed E-state index contributed by atoms with van der Waals surface area (Å²) in [5.41, 5.74) is 5.70. The van der Waals surface area contributed by atoms with Gasteiger partial charge in [-0.15, -0.1) is 0 Å². The summed E-state index contributed by atoms with van der Waals surface area (Å²) >= 11 is 6.11. The lowest BCUT2D eigenvalue weighted by Gasteiger charge is -2.37. The molecule has 3 atom stereocenters. The molecule has 0 saturated carbocycles. The van der Waals surface area contributed by atoms with E-state index in [1.54, 1.807) is 13.3 Å². The Morgan fingerprint density at radius 3 is 2.73 bits per heavy atom. The summed E-state index contributed by atoms with van der Waals surface area (Å²) in [5, 5.41) is 4.44. The molecule has 3 aromatic rings. The van der Waals surface area contributed by atoms with Crippen LogP contribution in [-0.2, 0) is 0 Å². The Labute approximate surface area is 182 Å². The van der Waals surface area contributed by atoms with Gasteiger partial charge in [0.15, 0.2) is 0 Å². The van der Waals surface area contributed by atoms with Crippen molar-refractivity contribution in [1.29, 1.82) is 0 Å². The number of rotatable bonds is 4. The number of nitrogens with one attached hydrogen (secondary N) is 1. The van der Waals surface area contributed by atoms with E-state index < -0.39 is 0 Å². The number of methoxy groups -OCH3 is 1. The van der Waals surface area contributed by atoms with Crippen LogP contribution >= 0.6 is 11.6 Å². The van der Waals surface area contributed by atoms with Crippen LogP contribution in [-0.4, -0.2) is 13.3 Å². The molecule has 2 aliphatic rings. The number of halogens is 1. The predicted molar refractivity (Wildman–Crippen MR) is 124 cm³/mol. The molecule has 1 N–H and O–H groups in total. The number of aliphatic imine (C=N–C) groups is 1. The maximum atomic E-state index is 6.11. The summed E-state index contributed by atoms with van der Waals surface area (Å²) in [6, 6.07) is 23.0. The van der Waals surface area contributed by atoms with Crippen LogP contribution < -0.4 is 10.1 Å². The van der Waals surface area contributed by atoms with Crippen molar-refractivity contribution in [1.82, 2.24) is 0 Å². The number of nitrogens with zero attached hydrogens (tertiary/aromatic N) is 1. The van der Waals surface area contributed by atoms with Gasteiger partial charge in [0, 0.05) is 28.4 Å². The number of fused-ring (bicyclic) bond motifs is 3. The average molecular weight is 415 g/mol. The van der Waals surface area contributed by atoms with E-state index in [2.05, 4.69) is 71.0 Å². The summed E-state index contributed by atoms with van der Waals surface area (Å²) in [6.45, 7) is 0. The van der Waals surface area contributed by atoms with Crippen LogP contribution in [0.4, 0.5) is 11.4 Å². The molecule has 0 unspecified atom stereocenters. The Morgan fingerprint density at radius 1 is 1.07 bits per heavy atom. The highest BCUT2D eigenvalue weighted by molar-refractivity contribution is 6.30. The third-order valence-corrected chi connectivity index (χ3v) is 6.30. The second-order valence-electron chi connectivity index (χ2n) is 7.80. The van der Waals surface area contributed by atoms with E-state index in [-0.39, 0.29) is 0 Å². The van der Waals surface area contributed by atoms with Crippen LogP contribution in [0.2, 0.25) is 5.02 Å². The lowest BCUT2D eigenvalue weighted by atomic mass is 9.77. The second kappa shape index (κ2) is 8.00. The molecule has 4 heteroatoms. The zero-order chi connectivity index (χ0) is 20.5. The van der Waals surface area contributed by atoms with Crippen LogP contribution in [0.15, 0.2) is 83.9 Å². The van der Waals surface area contributed by atoms with Gasteiger partial charge in [0.2, 0.25) is 0 Å². The minimum Gasteiger partial charge on any atom is -0.496 e. The van der Waals surface area contributed by atoms with Gasteiger partial charge < -0.3 is 10.1 Å². The first-order valence-electron chi connectivity index (χ1n) is 10.2. The van der Waals surface area contributed by atoms with Gasteiger partial charge in [-0.1, -0.05) is 54.1 Å². The summed E-state index contributed by atoms with van der Waals surface area (Å²) < 4.78 is 5.39. The Morgan fingerprint density at radius 2 is 1.90 bits per heavy atom. The third kappa shape index (κ3) is 3.50. The van der Waals surface area contributed by atoms with Crippen LogP contribution in [0.25, 0.3) is 0 Å². The fourth-order valence-electron chi connectivity index (χ4n) is 4.59. The fourth-order valence-corrected chi connectivity index (χ4v) is 4.77. The van der Waals surface area contributed by atoms with Crippen LogP contribution in [0.1, 0.15) is 35.1 Å². The van der Waals surface area contributed by atoms with Crippen molar-refractivity contribution in [3.8, 4) is 5.75 Å². The SMILES string of the molecule is COc1ccc(Cl)cc1C=Nc1ccc([C@@H]2Nc3ccccc3[C@@H]3C=CC[C@@H]32)cc1. The number of hydrogen-bond acceptors (Lipinski definition) is 3. The monoisotopic (exact) mass is 414 g/mol. The van der Waals surface area contributed by atoms with Crippen LogP contribution in [0, 0.1) is 5.92 Å². The molecule has 3 aromatic carbocycles. The van der Waals surface area contributed by atoms with E-state index >= 15 is 0 Å². The molecule has 1 heterocycles. The van der Waals surface area contributed by atoms with Crippen molar-refractivity contribution in [2.75, 3.05) is 12.4 Å². The topological polar surface area (TPSA) is 33.6 Å². The lowest BCUT2D eigenvalue weighted by Crippen LogP contribution is -2.28. The number of hydrogen-bond donors (Lipinski definition) is 1. The predicted octanol–water partition coefficient (Wildman–Crippen LogP) is 6.93. The van der Waals surface area contributed by atoms with E-state index in [4.69, 9.17) is 16.3 Å². The minimum absolute atomic E-state index is 0.297. The van der Waals surface area contributed by atoms with Gasteiger partial charge in [-0.3, -0.25) is 4.99 Å². The number of anilines is 1. The summed E-state index contributed by atoms with van der Waals surface area (Å²) in [5.74, 6) is 1.79. The molecule has 1 aliphatic carbocycles. The molecule has 0 bridgehead atoms. The largest absolute Gasteiger partial charge is 0.496 e. The van der Waals surface area contributed by atoms with Crippen molar-refractivity contribution in [3.05, 3.63) is 101 Å². The lowest BCUT2D eigenvalue weighted by molar-refractivity contribution is 0.414. The van der Waals surface area contributed by atoms with Crippen molar-refractivity contribution >= 4 is 29.2 Å². The van der Waals surface area contributed by atoms with Gasteiger partial charge >= 0.3 is 0 Å². The van der Waals surface area contributed by atoms with Gasteiger partial charge in [0.25, 0.3) is 0 Å². The fraction of sp³-hybridized carbons (Fsp3) is 0.192. The molecule has 0 aromatic heterocycles. The molecule has 0 spiro atoms. The normalized spacial score (nSPS) is 21.9. The highest BCUT2D eigenvalue weighted by atomic mass is 35.5. The molecular weight excluding hydrogens is 392 g/mol. The molecule has 0 fully saturated rings. The van der Waals surface area contributed by atoms with Crippen LogP contribution in [0.3, 0.4) is 0 Å². The first-order chi connectivity index (χ1) is 14.7. The van der Waals surface area contributed by atoms with E-state index in [1.165, 1.54) is 16.8 Å². The smallest absolute Gasteiger partial charge is 0.127 e. The Kier molecular flexibility index (Phi) is 5.06. The molecule has 3 nitrogen and oxygen atoms in total. The van der Waals surface area contributed by atoms with Gasteiger partial charge in [-0.25, -0.2) is 0 Å². The number of para-hydroxylation sites is 1. The van der Waals surface area contributed by atoms with Gasteiger partial charge in [0.05, 0.1) is 18.8 Å². The summed E-state index contributed by atoms with van der Waals surface area (Å²) in [6.07, 6.45) is 7.59. The van der Waals surface area contributed by atoms with Crippen molar-refractivity contribution in [3.63, 3.8) is 0 Å². The average Bonchev–Trinajstić information content (AvgIpc) is 3.28. The van der Waals surface area contributed by atoms with E-state index in [1.807, 2.05) is 18.2 Å². The molecule has 0 saturated heterocycles. The van der Waals surface area contributed by atoms with E-state index in [0.717, 1.165) is 23.4 Å². The van der Waals surface area contributed by atoms with Crippen LogP contribution in [0.5, 0.6) is 5.75 Å². The number of benzene rings is 3. The first-order valence-corrected chi connectivity index (χ1v) is 10.6. The Balaban J connectivity index is 1.39. The maximum absolute atomic E-state index is 6.11. The van der Waals surface area contributed by atoms with Crippen molar-refractivity contribution < 1.29 is 4.74 Å². The molecule has 30 heavy (non-hydrogen) atoms. The molecule has 1 aliphatic heterocycles. The molecule has 5 rings (SSSR count). The molecule has 150 valence electrons. The standard InChI is InChI=1S/C26H23ClN2O/c1-30-25-14-11-19(27)15-18(25)16-28-20-12-9-17(10-13-20)26-23-7-4-6-21(23)22-5-2-3-8-24(22)29-26/h2-6,8-16,21,23,26,29H,7H2,1H3/t21-,23-,26-/m0/s1. The van der Waals surface area contributed by atoms with Crippen molar-refractivity contribution in [2.45, 2.75) is 18.4 Å². The quantitative estimate of drug-likeness (QED) is 0.371. The summed E-state index contributed by atoms with van der Waals surface area (Å²) in [7, 11) is 1.65. The van der Waals surface area contributed by atoms with Gasteiger partial charge in [-0.2, -0.15) is 0 Å². The number of allylic oxidation sites excluding steroid dienone is 2. The second-order valence-corrected chi connectivity index (χ2v) is 8.24. The minimum atomic E-state index is 0.297. The van der Waals surface area contributed by atoms with Crippen molar-refractivity contribution in [2.24, 2.45) is 10.9 Å². The third-order valence-electron chi connectivity index (χ3n) is 6.07. The molecule has 0 amide bonds. The van der Waals surface area contributed by atoms with Gasteiger partial charge in [0.1, 0.15) is 5.75 Å². The summed E-state index contributed by atoms with van der Waals surface area (Å²) in [4.78, 5) is 4.62. The van der Waals surface area contributed by atoms with Gasteiger partial charge in [-0.05, 0) is 59.9 Å². The Bertz CT molecular complexity index is 1120. The molecule has 0 radical (unpaired) electrons. The van der Waals surface area contributed by atoms with E-state index in [9.17, 15) is 0 Å². The Hall–Kier alpha value is -3.04. The molecular formula is C26H23ClN2O. The zero-order valence-corrected chi connectivity index (χ0v) is 17.5. The highest BCUT2D eigenvalue weighted by Crippen LogP contribution is 2.49. The highest BCUT2D eigenvalue weighted by Gasteiger charge is 2.37. The number of ether oxygens (including phenoxy) is 1. The first kappa shape index (κ1) is 19.0. The maximum Gasteiger partial charge on any atom is 0.127 e. The van der Waals surface area contributed by atoms with E-state index in [0.29, 0.717) is 22.9 Å².